The third-order valence-corrected chi connectivity index (χ3v) is 5.69. The van der Waals surface area contributed by atoms with Gasteiger partial charge in [0.2, 0.25) is 11.8 Å². The Morgan fingerprint density at radius 1 is 1.23 bits per heavy atom. The maximum Gasteiger partial charge on any atom is 0.232 e. The van der Waals surface area contributed by atoms with Crippen LogP contribution in [0.15, 0.2) is 0 Å². The molecule has 0 bridgehead atoms. The zero-order valence-electron chi connectivity index (χ0n) is 13.8. The summed E-state index contributed by atoms with van der Waals surface area (Å²) in [5, 5.41) is 3.28. The van der Waals surface area contributed by atoms with E-state index in [0.717, 1.165) is 32.5 Å². The number of carbonyl (C=O) groups excluding carboxylic acids is 2. The van der Waals surface area contributed by atoms with Crippen LogP contribution < -0.4 is 5.32 Å². The Morgan fingerprint density at radius 2 is 1.95 bits per heavy atom. The lowest BCUT2D eigenvalue weighted by Crippen LogP contribution is -2.52. The van der Waals surface area contributed by atoms with Crippen molar-refractivity contribution in [2.45, 2.75) is 51.1 Å². The fourth-order valence-corrected chi connectivity index (χ4v) is 4.11. The van der Waals surface area contributed by atoms with Gasteiger partial charge >= 0.3 is 0 Å². The summed E-state index contributed by atoms with van der Waals surface area (Å²) < 4.78 is 0. The second-order valence-electron chi connectivity index (χ2n) is 6.43. The van der Waals surface area contributed by atoms with Crippen molar-refractivity contribution in [3.63, 3.8) is 0 Å². The highest BCUT2D eigenvalue weighted by atomic mass is 32.2. The van der Waals surface area contributed by atoms with Gasteiger partial charge < -0.3 is 15.1 Å². The summed E-state index contributed by atoms with van der Waals surface area (Å²) in [5.41, 5.74) is 0. The molecule has 1 N–H and O–H groups in total. The number of amides is 2. The van der Waals surface area contributed by atoms with E-state index >= 15 is 0 Å². The quantitative estimate of drug-likeness (QED) is 0.828. The normalized spacial score (nSPS) is 23.4. The number of thioether (sulfide) groups is 1. The molecular weight excluding hydrogens is 298 g/mol. The summed E-state index contributed by atoms with van der Waals surface area (Å²) >= 11 is 1.45. The fraction of sp³-hybridized carbons (Fsp3) is 0.875. The van der Waals surface area contributed by atoms with E-state index in [9.17, 15) is 9.59 Å². The van der Waals surface area contributed by atoms with Gasteiger partial charge in [0.15, 0.2) is 0 Å². The lowest BCUT2D eigenvalue weighted by molar-refractivity contribution is -0.131. The first-order valence-electron chi connectivity index (χ1n) is 8.43. The summed E-state index contributed by atoms with van der Waals surface area (Å²) in [6.45, 7) is 4.57. The van der Waals surface area contributed by atoms with Gasteiger partial charge in [-0.2, -0.15) is 0 Å². The predicted molar refractivity (Wildman–Crippen MR) is 91.0 cm³/mol. The Labute approximate surface area is 138 Å². The van der Waals surface area contributed by atoms with Crippen molar-refractivity contribution in [2.75, 3.05) is 38.2 Å². The molecule has 0 unspecified atom stereocenters. The van der Waals surface area contributed by atoms with Gasteiger partial charge in [0.1, 0.15) is 0 Å². The van der Waals surface area contributed by atoms with Crippen LogP contribution in [0.4, 0.5) is 0 Å². The molecule has 5 nitrogen and oxygen atoms in total. The van der Waals surface area contributed by atoms with E-state index in [0.29, 0.717) is 17.5 Å². The summed E-state index contributed by atoms with van der Waals surface area (Å²) in [6.07, 6.45) is 6.02. The Bertz CT molecular complexity index is 386. The molecule has 0 aromatic rings. The Morgan fingerprint density at radius 3 is 2.64 bits per heavy atom. The van der Waals surface area contributed by atoms with Crippen LogP contribution in [0, 0.1) is 0 Å². The largest absolute Gasteiger partial charge is 0.342 e. The van der Waals surface area contributed by atoms with E-state index in [2.05, 4.69) is 12.2 Å². The lowest BCUT2D eigenvalue weighted by Gasteiger charge is -2.34. The smallest absolute Gasteiger partial charge is 0.232 e. The molecule has 0 spiro atoms. The fourth-order valence-electron chi connectivity index (χ4n) is 3.29. The Balaban J connectivity index is 1.68. The predicted octanol–water partition coefficient (Wildman–Crippen LogP) is 1.33. The van der Waals surface area contributed by atoms with Gasteiger partial charge in [-0.05, 0) is 19.8 Å². The van der Waals surface area contributed by atoms with Crippen molar-refractivity contribution < 1.29 is 9.59 Å². The second kappa shape index (κ2) is 8.77. The number of carbonyl (C=O) groups is 2. The van der Waals surface area contributed by atoms with Gasteiger partial charge in [-0.15, -0.1) is 11.8 Å². The first-order valence-corrected chi connectivity index (χ1v) is 9.58. The molecular formula is C16H29N3O2S. The van der Waals surface area contributed by atoms with Crippen LogP contribution >= 0.6 is 11.8 Å². The average molecular weight is 327 g/mol. The van der Waals surface area contributed by atoms with Crippen molar-refractivity contribution in [3.05, 3.63) is 0 Å². The van der Waals surface area contributed by atoms with Crippen molar-refractivity contribution in [3.8, 4) is 0 Å². The van der Waals surface area contributed by atoms with E-state index in [-0.39, 0.29) is 17.9 Å². The molecule has 1 atom stereocenters. The van der Waals surface area contributed by atoms with Crippen LogP contribution in [-0.4, -0.2) is 71.9 Å². The molecule has 0 radical (unpaired) electrons. The minimum Gasteiger partial charge on any atom is -0.342 e. The van der Waals surface area contributed by atoms with Gasteiger partial charge in [0.25, 0.3) is 0 Å². The second-order valence-corrected chi connectivity index (χ2v) is 7.42. The summed E-state index contributed by atoms with van der Waals surface area (Å²) in [4.78, 5) is 28.3. The van der Waals surface area contributed by atoms with Crippen LogP contribution in [-0.2, 0) is 9.59 Å². The SMILES string of the molecule is C[C@@H]1CNCCN1C(=O)CSCC(=O)N(C)C1CCCCC1. The topological polar surface area (TPSA) is 52.7 Å². The molecule has 1 saturated carbocycles. The van der Waals surface area contributed by atoms with Crippen LogP contribution in [0.3, 0.4) is 0 Å². The summed E-state index contributed by atoms with van der Waals surface area (Å²) in [6, 6.07) is 0.660. The van der Waals surface area contributed by atoms with Crippen LogP contribution in [0.25, 0.3) is 0 Å². The molecule has 1 heterocycles. The van der Waals surface area contributed by atoms with E-state index in [1.807, 2.05) is 16.8 Å². The Kier molecular flexibility index (Phi) is 7.02. The number of rotatable bonds is 5. The first-order chi connectivity index (χ1) is 10.6. The van der Waals surface area contributed by atoms with E-state index in [4.69, 9.17) is 0 Å². The van der Waals surface area contributed by atoms with Crippen molar-refractivity contribution in [2.24, 2.45) is 0 Å². The monoisotopic (exact) mass is 327 g/mol. The zero-order valence-corrected chi connectivity index (χ0v) is 14.7. The highest BCUT2D eigenvalue weighted by molar-refractivity contribution is 8.00. The van der Waals surface area contributed by atoms with Crippen molar-refractivity contribution >= 4 is 23.6 Å². The molecule has 1 aliphatic heterocycles. The lowest BCUT2D eigenvalue weighted by atomic mass is 9.94. The molecule has 6 heteroatoms. The molecule has 22 heavy (non-hydrogen) atoms. The van der Waals surface area contributed by atoms with E-state index in [1.54, 1.807) is 0 Å². The molecule has 1 saturated heterocycles. The van der Waals surface area contributed by atoms with Gasteiger partial charge in [-0.3, -0.25) is 9.59 Å². The molecule has 0 aromatic heterocycles. The number of piperazine rings is 1. The summed E-state index contributed by atoms with van der Waals surface area (Å²) in [7, 11) is 1.92. The van der Waals surface area contributed by atoms with Gasteiger partial charge in [0.05, 0.1) is 11.5 Å². The molecule has 126 valence electrons. The van der Waals surface area contributed by atoms with Gasteiger partial charge in [-0.1, -0.05) is 19.3 Å². The number of nitrogens with zero attached hydrogens (tertiary/aromatic N) is 2. The molecule has 2 rings (SSSR count). The van der Waals surface area contributed by atoms with Crippen LogP contribution in [0.1, 0.15) is 39.0 Å². The molecule has 2 aliphatic rings. The number of hydrogen-bond acceptors (Lipinski definition) is 4. The molecule has 2 amide bonds. The zero-order chi connectivity index (χ0) is 15.9. The highest BCUT2D eigenvalue weighted by Gasteiger charge is 2.24. The van der Waals surface area contributed by atoms with Crippen LogP contribution in [0.5, 0.6) is 0 Å². The minimum absolute atomic E-state index is 0.159. The van der Waals surface area contributed by atoms with Crippen molar-refractivity contribution in [1.29, 1.82) is 0 Å². The molecule has 2 fully saturated rings. The maximum absolute atomic E-state index is 12.2. The first kappa shape index (κ1) is 17.6. The molecule has 1 aliphatic carbocycles. The third-order valence-electron chi connectivity index (χ3n) is 4.79. The number of hydrogen-bond donors (Lipinski definition) is 1. The summed E-state index contributed by atoms with van der Waals surface area (Å²) in [5.74, 6) is 1.15. The highest BCUT2D eigenvalue weighted by Crippen LogP contribution is 2.22. The minimum atomic E-state index is 0.159. The van der Waals surface area contributed by atoms with Gasteiger partial charge in [0, 0.05) is 38.8 Å². The maximum atomic E-state index is 12.2. The van der Waals surface area contributed by atoms with Crippen LogP contribution in [0.2, 0.25) is 0 Å². The number of nitrogens with one attached hydrogen (secondary N) is 1. The van der Waals surface area contributed by atoms with Gasteiger partial charge in [-0.25, -0.2) is 0 Å². The van der Waals surface area contributed by atoms with Crippen molar-refractivity contribution in [1.82, 2.24) is 15.1 Å². The standard InChI is InChI=1S/C16H29N3O2S/c1-13-10-17-8-9-19(13)16(21)12-22-11-15(20)18(2)14-6-4-3-5-7-14/h13-14,17H,3-12H2,1-2H3/t13-/m1/s1. The van der Waals surface area contributed by atoms with E-state index < -0.39 is 0 Å². The average Bonchev–Trinajstić information content (AvgIpc) is 2.55. The van der Waals surface area contributed by atoms with E-state index in [1.165, 1.54) is 31.0 Å². The third kappa shape index (κ3) is 4.88. The molecule has 0 aromatic carbocycles. The Hall–Kier alpha value is -0.750.